The van der Waals surface area contributed by atoms with E-state index in [0.717, 1.165) is 17.5 Å². The molecule has 4 heteroatoms. The van der Waals surface area contributed by atoms with Crippen molar-refractivity contribution in [2.75, 3.05) is 0 Å². The topological polar surface area (TPSA) is 69.2 Å². The highest BCUT2D eigenvalue weighted by Crippen LogP contribution is 2.57. The summed E-state index contributed by atoms with van der Waals surface area (Å²) >= 11 is 0. The molecule has 0 radical (unpaired) electrons. The van der Waals surface area contributed by atoms with Crippen LogP contribution in [0, 0.1) is 11.3 Å². The number of aromatic nitrogens is 1. The van der Waals surface area contributed by atoms with Gasteiger partial charge in [0.25, 0.3) is 0 Å². The van der Waals surface area contributed by atoms with Gasteiger partial charge in [-0.25, -0.2) is 0 Å². The lowest BCUT2D eigenvalue weighted by atomic mass is 10.0. The Kier molecular flexibility index (Phi) is 2.05. The van der Waals surface area contributed by atoms with Crippen LogP contribution in [0.2, 0.25) is 0 Å². The maximum Gasteiger partial charge on any atom is 0.202 e. The zero-order chi connectivity index (χ0) is 13.9. The number of hydrogen-bond acceptors (Lipinski definition) is 3. The highest BCUT2D eigenvalue weighted by Gasteiger charge is 2.41. The Morgan fingerprint density at radius 3 is 2.05 bits per heavy atom. The Morgan fingerprint density at radius 1 is 1.00 bits per heavy atom. The summed E-state index contributed by atoms with van der Waals surface area (Å²) in [6, 6.07) is 8.85. The second-order valence-electron chi connectivity index (χ2n) is 5.30. The van der Waals surface area contributed by atoms with Crippen molar-refractivity contribution in [1.29, 1.82) is 5.26 Å². The molecule has 2 aromatic rings. The first-order chi connectivity index (χ1) is 9.70. The van der Waals surface area contributed by atoms with E-state index < -0.39 is 0 Å². The molecule has 2 N–H and O–H groups in total. The van der Waals surface area contributed by atoms with Gasteiger partial charge < -0.3 is 10.2 Å². The van der Waals surface area contributed by atoms with E-state index in [1.807, 2.05) is 0 Å². The number of nitrogens with zero attached hydrogens (tertiary/aromatic N) is 2. The van der Waals surface area contributed by atoms with E-state index in [9.17, 15) is 10.2 Å². The standard InChI is InChI=1S/C16H12N2O2/c17-8-9-1-5-12(6-2-9)18-15(19)13-10-3-4-11(7-10)14(13)16(18)20/h1-6,10-11,19-20H,7H2. The van der Waals surface area contributed by atoms with Crippen LogP contribution in [0.25, 0.3) is 5.69 Å². The molecule has 98 valence electrons. The number of benzene rings is 1. The number of nitriles is 1. The zero-order valence-electron chi connectivity index (χ0n) is 10.6. The van der Waals surface area contributed by atoms with Gasteiger partial charge in [0.2, 0.25) is 11.8 Å². The number of rotatable bonds is 1. The second kappa shape index (κ2) is 3.67. The minimum Gasteiger partial charge on any atom is -0.494 e. The molecule has 1 aromatic heterocycles. The molecule has 0 spiro atoms. The van der Waals surface area contributed by atoms with Crippen molar-refractivity contribution in [3.05, 3.63) is 53.1 Å². The van der Waals surface area contributed by atoms with E-state index in [0.29, 0.717) is 11.3 Å². The Labute approximate surface area is 115 Å². The number of hydrogen-bond donors (Lipinski definition) is 2. The van der Waals surface area contributed by atoms with Gasteiger partial charge in [-0.15, -0.1) is 0 Å². The summed E-state index contributed by atoms with van der Waals surface area (Å²) in [5.41, 5.74) is 2.90. The molecule has 20 heavy (non-hydrogen) atoms. The summed E-state index contributed by atoms with van der Waals surface area (Å²) in [4.78, 5) is 0. The van der Waals surface area contributed by atoms with E-state index in [1.165, 1.54) is 4.57 Å². The van der Waals surface area contributed by atoms with E-state index in [-0.39, 0.29) is 23.6 Å². The maximum absolute atomic E-state index is 10.4. The largest absolute Gasteiger partial charge is 0.494 e. The van der Waals surface area contributed by atoms with Crippen molar-refractivity contribution in [2.45, 2.75) is 18.3 Å². The third-order valence-corrected chi connectivity index (χ3v) is 4.28. The molecule has 0 amide bonds. The molecule has 1 heterocycles. The summed E-state index contributed by atoms with van der Waals surface area (Å²) in [6.07, 6.45) is 5.13. The molecule has 0 fully saturated rings. The van der Waals surface area contributed by atoms with Crippen LogP contribution in [0.1, 0.15) is 34.9 Å². The van der Waals surface area contributed by atoms with Crippen LogP contribution in [-0.4, -0.2) is 14.8 Å². The molecule has 2 atom stereocenters. The average molecular weight is 264 g/mol. The van der Waals surface area contributed by atoms with Gasteiger partial charge in [0.1, 0.15) is 0 Å². The summed E-state index contributed by atoms with van der Waals surface area (Å²) in [5, 5.41) is 29.7. The molecule has 4 nitrogen and oxygen atoms in total. The number of fused-ring (bicyclic) bond motifs is 5. The first-order valence-electron chi connectivity index (χ1n) is 6.56. The molecular weight excluding hydrogens is 252 g/mol. The van der Waals surface area contributed by atoms with Crippen molar-refractivity contribution in [3.8, 4) is 23.5 Å². The van der Waals surface area contributed by atoms with Crippen LogP contribution in [0.4, 0.5) is 0 Å². The van der Waals surface area contributed by atoms with Crippen molar-refractivity contribution >= 4 is 0 Å². The summed E-state index contributed by atoms with van der Waals surface area (Å²) in [7, 11) is 0. The second-order valence-corrected chi connectivity index (χ2v) is 5.30. The van der Waals surface area contributed by atoms with E-state index in [2.05, 4.69) is 18.2 Å². The van der Waals surface area contributed by atoms with Gasteiger partial charge in [0.05, 0.1) is 17.3 Å². The van der Waals surface area contributed by atoms with Crippen LogP contribution in [0.15, 0.2) is 36.4 Å². The van der Waals surface area contributed by atoms with Crippen molar-refractivity contribution in [3.63, 3.8) is 0 Å². The minimum absolute atomic E-state index is 0.110. The van der Waals surface area contributed by atoms with Gasteiger partial charge >= 0.3 is 0 Å². The van der Waals surface area contributed by atoms with E-state index in [4.69, 9.17) is 5.26 Å². The lowest BCUT2D eigenvalue weighted by Crippen LogP contribution is -1.95. The Morgan fingerprint density at radius 2 is 1.55 bits per heavy atom. The first-order valence-corrected chi connectivity index (χ1v) is 6.56. The Balaban J connectivity index is 1.90. The predicted molar refractivity (Wildman–Crippen MR) is 73.1 cm³/mol. The van der Waals surface area contributed by atoms with Gasteiger partial charge in [-0.05, 0) is 30.7 Å². The number of allylic oxidation sites excluding steroid dienone is 2. The summed E-state index contributed by atoms with van der Waals surface area (Å²) in [6.45, 7) is 0. The molecule has 0 saturated heterocycles. The third-order valence-electron chi connectivity index (χ3n) is 4.28. The number of aromatic hydroxyl groups is 2. The maximum atomic E-state index is 10.4. The molecule has 2 aliphatic carbocycles. The third kappa shape index (κ3) is 1.24. The summed E-state index contributed by atoms with van der Waals surface area (Å²) in [5.74, 6) is 0.638. The van der Waals surface area contributed by atoms with Crippen molar-refractivity contribution < 1.29 is 10.2 Å². The SMILES string of the molecule is N#Cc1ccc(-n2c(O)c3c(c2O)C2C=CC3C2)cc1. The van der Waals surface area contributed by atoms with Gasteiger partial charge in [-0.1, -0.05) is 12.2 Å². The fraction of sp³-hybridized carbons (Fsp3) is 0.188. The van der Waals surface area contributed by atoms with Crippen LogP contribution in [0.5, 0.6) is 11.8 Å². The van der Waals surface area contributed by atoms with Gasteiger partial charge in [-0.3, -0.25) is 4.57 Å². The lowest BCUT2D eigenvalue weighted by Gasteiger charge is -2.09. The quantitative estimate of drug-likeness (QED) is 0.778. The van der Waals surface area contributed by atoms with E-state index >= 15 is 0 Å². The van der Waals surface area contributed by atoms with Gasteiger partial charge in [0.15, 0.2) is 0 Å². The van der Waals surface area contributed by atoms with Crippen molar-refractivity contribution in [1.82, 2.24) is 4.57 Å². The molecular formula is C16H12N2O2. The highest BCUT2D eigenvalue weighted by atomic mass is 16.3. The molecule has 4 rings (SSSR count). The highest BCUT2D eigenvalue weighted by molar-refractivity contribution is 5.62. The van der Waals surface area contributed by atoms with Crippen LogP contribution >= 0.6 is 0 Å². The lowest BCUT2D eigenvalue weighted by molar-refractivity contribution is 0.395. The van der Waals surface area contributed by atoms with Crippen LogP contribution in [-0.2, 0) is 0 Å². The molecule has 0 aliphatic heterocycles. The predicted octanol–water partition coefficient (Wildman–Crippen LogP) is 2.90. The summed E-state index contributed by atoms with van der Waals surface area (Å²) < 4.78 is 1.46. The molecule has 2 aliphatic rings. The monoisotopic (exact) mass is 264 g/mol. The molecule has 0 saturated carbocycles. The van der Waals surface area contributed by atoms with Crippen LogP contribution in [0.3, 0.4) is 0 Å². The first kappa shape index (κ1) is 11.2. The zero-order valence-corrected chi connectivity index (χ0v) is 10.6. The molecule has 1 aromatic carbocycles. The smallest absolute Gasteiger partial charge is 0.202 e. The van der Waals surface area contributed by atoms with E-state index in [1.54, 1.807) is 24.3 Å². The fourth-order valence-corrected chi connectivity index (χ4v) is 3.37. The Hall–Kier alpha value is -2.67. The minimum atomic E-state index is 0.110. The fourth-order valence-electron chi connectivity index (χ4n) is 3.37. The van der Waals surface area contributed by atoms with Gasteiger partial charge in [0, 0.05) is 23.0 Å². The van der Waals surface area contributed by atoms with Crippen molar-refractivity contribution in [2.24, 2.45) is 0 Å². The molecule has 2 bridgehead atoms. The van der Waals surface area contributed by atoms with Gasteiger partial charge in [-0.2, -0.15) is 5.26 Å². The molecule has 2 unspecified atom stereocenters. The normalized spacial score (nSPS) is 21.9. The Bertz CT molecular complexity index is 743. The van der Waals surface area contributed by atoms with Crippen LogP contribution < -0.4 is 0 Å². The average Bonchev–Trinajstić information content (AvgIpc) is 3.14.